The summed E-state index contributed by atoms with van der Waals surface area (Å²) in [5, 5.41) is 15.3. The lowest BCUT2D eigenvalue weighted by molar-refractivity contribution is 0.0837. The minimum absolute atomic E-state index is 0.00939. The Hall–Kier alpha value is -5.72. The van der Waals surface area contributed by atoms with Crippen molar-refractivity contribution in [2.75, 3.05) is 44.2 Å². The number of amides is 1. The van der Waals surface area contributed by atoms with Crippen LogP contribution in [-0.2, 0) is 23.9 Å². The van der Waals surface area contributed by atoms with Gasteiger partial charge >= 0.3 is 6.09 Å². The van der Waals surface area contributed by atoms with E-state index >= 15 is 0 Å². The number of nitrogens with one attached hydrogen (secondary N) is 2. The fraction of sp³-hybridized carbons (Fsp3) is 0.393. The first-order valence-electron chi connectivity index (χ1n) is 24.2. The van der Waals surface area contributed by atoms with Crippen molar-refractivity contribution >= 4 is 31.0 Å². The van der Waals surface area contributed by atoms with Crippen LogP contribution in [0.25, 0.3) is 22.0 Å². The number of hydrogen-bond donors (Lipinski definition) is 3. The summed E-state index contributed by atoms with van der Waals surface area (Å²) in [6.07, 6.45) is 4.50. The van der Waals surface area contributed by atoms with Crippen LogP contribution in [0.15, 0.2) is 132 Å². The lowest BCUT2D eigenvalue weighted by Gasteiger charge is -2.48. The van der Waals surface area contributed by atoms with Crippen molar-refractivity contribution in [3.8, 4) is 22.6 Å². The van der Waals surface area contributed by atoms with Gasteiger partial charge in [-0.1, -0.05) is 112 Å². The summed E-state index contributed by atoms with van der Waals surface area (Å²) in [4.78, 5) is 32.8. The highest BCUT2D eigenvalue weighted by Gasteiger charge is 2.41. The SMILES string of the molecule is CC(C)(C)[Si](C)(C)O[C@@H](CNCCc1ccc(OCCCCc2ccc(-c3ccccc3)c(N(C(=O)O)[C@H]3CN4CCC3CC4)c2)cc1)c1ccc(OCc2ccccc2)c2[nH]c(=O)ccc12. The Balaban J connectivity index is 0.854. The second kappa shape index (κ2) is 21.5. The Morgan fingerprint density at radius 3 is 2.24 bits per heavy atom. The monoisotopic (exact) mass is 920 g/mol. The van der Waals surface area contributed by atoms with E-state index in [9.17, 15) is 14.7 Å². The molecule has 3 fully saturated rings. The van der Waals surface area contributed by atoms with E-state index < -0.39 is 14.4 Å². The average molecular weight is 921 g/mol. The number of hydrogen-bond acceptors (Lipinski definition) is 7. The third-order valence-electron chi connectivity index (χ3n) is 14.3. The third-order valence-corrected chi connectivity index (χ3v) is 18.7. The summed E-state index contributed by atoms with van der Waals surface area (Å²) >= 11 is 0. The number of aromatic amines is 1. The van der Waals surface area contributed by atoms with Crippen molar-refractivity contribution in [3.63, 3.8) is 0 Å². The molecule has 1 amide bonds. The molecule has 11 heteroatoms. The van der Waals surface area contributed by atoms with Gasteiger partial charge in [0.05, 0.1) is 30.0 Å². The predicted octanol–water partition coefficient (Wildman–Crippen LogP) is 11.6. The highest BCUT2D eigenvalue weighted by molar-refractivity contribution is 6.74. The normalized spacial score (nSPS) is 17.6. The van der Waals surface area contributed by atoms with Crippen molar-refractivity contribution in [1.29, 1.82) is 0 Å². The molecular weight excluding hydrogens is 853 g/mol. The van der Waals surface area contributed by atoms with Crippen LogP contribution in [0, 0.1) is 5.92 Å². The van der Waals surface area contributed by atoms with Gasteiger partial charge in [-0.15, -0.1) is 0 Å². The Morgan fingerprint density at radius 1 is 0.836 bits per heavy atom. The van der Waals surface area contributed by atoms with Gasteiger partial charge in [0.2, 0.25) is 5.56 Å². The van der Waals surface area contributed by atoms with Crippen LogP contribution >= 0.6 is 0 Å². The number of carboxylic acid groups (broad SMARTS) is 1. The summed E-state index contributed by atoms with van der Waals surface area (Å²) in [5.74, 6) is 1.88. The fourth-order valence-electron chi connectivity index (χ4n) is 9.42. The molecule has 10 nitrogen and oxygen atoms in total. The predicted molar refractivity (Wildman–Crippen MR) is 273 cm³/mol. The molecule has 3 aliphatic rings. The molecule has 9 rings (SSSR count). The number of ether oxygens (including phenoxy) is 2. The van der Waals surface area contributed by atoms with Crippen LogP contribution in [0.5, 0.6) is 11.5 Å². The Kier molecular flexibility index (Phi) is 15.3. The average Bonchev–Trinajstić information content (AvgIpc) is 3.32. The number of aryl methyl sites for hydroxylation is 1. The Labute approximate surface area is 397 Å². The maximum Gasteiger partial charge on any atom is 0.412 e. The third kappa shape index (κ3) is 11.9. The van der Waals surface area contributed by atoms with Crippen LogP contribution in [-0.4, -0.2) is 74.8 Å². The first-order valence-corrected chi connectivity index (χ1v) is 27.1. The molecule has 0 spiro atoms. The van der Waals surface area contributed by atoms with Crippen LogP contribution in [0.4, 0.5) is 10.5 Å². The number of rotatable bonds is 20. The lowest BCUT2D eigenvalue weighted by atomic mass is 9.82. The molecule has 2 bridgehead atoms. The number of piperidine rings is 3. The molecule has 0 aliphatic carbocycles. The van der Waals surface area contributed by atoms with E-state index in [0.717, 1.165) is 109 Å². The van der Waals surface area contributed by atoms with E-state index in [2.05, 4.69) is 110 Å². The first-order chi connectivity index (χ1) is 32.3. The molecule has 2 atom stereocenters. The zero-order valence-electron chi connectivity index (χ0n) is 39.9. The molecule has 0 unspecified atom stereocenters. The molecular formula is C56H68N4O6Si. The van der Waals surface area contributed by atoms with E-state index in [1.807, 2.05) is 60.7 Å². The number of aromatic nitrogens is 1. The molecule has 352 valence electrons. The van der Waals surface area contributed by atoms with Crippen molar-refractivity contribution in [2.45, 2.75) is 96.2 Å². The summed E-state index contributed by atoms with van der Waals surface area (Å²) < 4.78 is 19.6. The molecule has 4 heterocycles. The number of fused-ring (bicyclic) bond motifs is 4. The van der Waals surface area contributed by atoms with Gasteiger partial charge in [-0.05, 0) is 140 Å². The van der Waals surface area contributed by atoms with E-state index in [-0.39, 0.29) is 22.7 Å². The van der Waals surface area contributed by atoms with Crippen LogP contribution in [0.1, 0.15) is 74.8 Å². The molecule has 1 aromatic heterocycles. The van der Waals surface area contributed by atoms with E-state index in [4.69, 9.17) is 13.9 Å². The van der Waals surface area contributed by atoms with Crippen molar-refractivity contribution in [1.82, 2.24) is 15.2 Å². The van der Waals surface area contributed by atoms with Gasteiger partial charge in [0, 0.05) is 30.1 Å². The van der Waals surface area contributed by atoms with E-state index in [0.29, 0.717) is 36.9 Å². The largest absolute Gasteiger partial charge is 0.494 e. The van der Waals surface area contributed by atoms with Gasteiger partial charge in [0.1, 0.15) is 18.1 Å². The Bertz CT molecular complexity index is 2620. The number of unbranched alkanes of at least 4 members (excludes halogenated alkanes) is 1. The first kappa shape index (κ1) is 47.8. The van der Waals surface area contributed by atoms with E-state index in [1.165, 1.54) is 5.56 Å². The minimum atomic E-state index is -2.20. The number of H-pyrrole nitrogens is 1. The van der Waals surface area contributed by atoms with Crippen LogP contribution < -0.4 is 25.2 Å². The quantitative estimate of drug-likeness (QED) is 0.0512. The summed E-state index contributed by atoms with van der Waals surface area (Å²) in [5.41, 5.74) is 7.73. The Morgan fingerprint density at radius 2 is 1.55 bits per heavy atom. The molecule has 67 heavy (non-hydrogen) atoms. The van der Waals surface area contributed by atoms with Gasteiger partial charge < -0.3 is 34.2 Å². The van der Waals surface area contributed by atoms with Crippen molar-refractivity contribution in [3.05, 3.63) is 160 Å². The standard InChI is InChI=1S/C56H68N4O6Si/c1-56(2,3)67(4,5)66-52(47-25-27-51(54-48(47)26-28-53(61)58-54)65-39-42-15-8-6-9-16-42)37-57-32-29-40-19-22-45(23-20-40)64-35-13-12-14-41-21-24-46(43-17-10-7-11-18-43)49(36-41)60(55(62)63)50-38-59-33-30-44(50)31-34-59/h6-11,15-28,36,44,50,52,57H,12-14,29-35,37-39H2,1-5H3,(H,58,61)(H,62,63)/t50-,52-/m0/s1. The fourth-order valence-corrected chi connectivity index (χ4v) is 10.7. The van der Waals surface area contributed by atoms with Crippen molar-refractivity contribution < 1.29 is 23.8 Å². The van der Waals surface area contributed by atoms with Crippen molar-refractivity contribution in [2.24, 2.45) is 5.92 Å². The second-order valence-electron chi connectivity index (χ2n) is 19.9. The smallest absolute Gasteiger partial charge is 0.412 e. The zero-order valence-corrected chi connectivity index (χ0v) is 40.9. The molecule has 3 N–H and O–H groups in total. The van der Waals surface area contributed by atoms with Gasteiger partial charge in [-0.2, -0.15) is 0 Å². The van der Waals surface area contributed by atoms with E-state index in [1.54, 1.807) is 11.0 Å². The van der Waals surface area contributed by atoms with Gasteiger partial charge in [-0.3, -0.25) is 9.69 Å². The summed E-state index contributed by atoms with van der Waals surface area (Å²) in [6.45, 7) is 16.6. The van der Waals surface area contributed by atoms with Crippen LogP contribution in [0.2, 0.25) is 18.1 Å². The molecule has 0 radical (unpaired) electrons. The minimum Gasteiger partial charge on any atom is -0.494 e. The molecule has 6 aromatic rings. The maximum atomic E-state index is 13.0. The van der Waals surface area contributed by atoms with Gasteiger partial charge in [0.15, 0.2) is 8.32 Å². The highest BCUT2D eigenvalue weighted by atomic mass is 28.4. The summed E-state index contributed by atoms with van der Waals surface area (Å²) in [7, 11) is -2.20. The number of pyridine rings is 1. The molecule has 3 saturated heterocycles. The van der Waals surface area contributed by atoms with Gasteiger partial charge in [-0.25, -0.2) is 4.79 Å². The number of anilines is 1. The zero-order chi connectivity index (χ0) is 47.0. The number of carbonyl (C=O) groups is 1. The maximum absolute atomic E-state index is 13.0. The second-order valence-corrected chi connectivity index (χ2v) is 24.6. The number of nitrogens with zero attached hydrogens (tertiary/aromatic N) is 2. The molecule has 3 aliphatic heterocycles. The lowest BCUT2D eigenvalue weighted by Crippen LogP contribution is -2.59. The molecule has 0 saturated carbocycles. The molecule has 5 aromatic carbocycles. The topological polar surface area (TPSA) is 116 Å². The van der Waals surface area contributed by atoms with Crippen LogP contribution in [0.3, 0.4) is 0 Å². The number of benzene rings is 5. The van der Waals surface area contributed by atoms with Gasteiger partial charge in [0.25, 0.3) is 0 Å². The summed E-state index contributed by atoms with van der Waals surface area (Å²) in [6, 6.07) is 42.4. The highest BCUT2D eigenvalue weighted by Crippen LogP contribution is 2.42.